The van der Waals surface area contributed by atoms with Crippen molar-refractivity contribution in [3.63, 3.8) is 0 Å². The number of rotatable bonds is 2. The second kappa shape index (κ2) is 3.54. The third-order valence-electron chi connectivity index (χ3n) is 1.47. The normalized spacial score (nSPS) is 9.42. The van der Waals surface area contributed by atoms with Crippen LogP contribution in [-0.2, 0) is 0 Å². The first-order chi connectivity index (χ1) is 5.69. The fourth-order valence-corrected chi connectivity index (χ4v) is 1.52. The first-order valence-corrected chi connectivity index (χ1v) is 4.10. The summed E-state index contributed by atoms with van der Waals surface area (Å²) in [7, 11) is 0. The topological polar surface area (TPSA) is 32.6 Å². The minimum Gasteiger partial charge on any atom is -0.508 e. The number of benzene rings is 1. The van der Waals surface area contributed by atoms with E-state index in [1.807, 2.05) is 0 Å². The molecule has 1 N–H and O–H groups in total. The smallest absolute Gasteiger partial charge is 0.118 e. The van der Waals surface area contributed by atoms with Crippen LogP contribution in [0.1, 0.15) is 5.56 Å². The average Bonchev–Trinajstić information content (AvgIpc) is 2.03. The van der Waals surface area contributed by atoms with E-state index in [1.54, 1.807) is 12.1 Å². The summed E-state index contributed by atoms with van der Waals surface area (Å²) in [5.41, 5.74) is 1.46. The molecule has 1 aromatic carbocycles. The molecule has 62 valence electrons. The van der Waals surface area contributed by atoms with Crippen LogP contribution in [0.25, 0.3) is 6.08 Å². The number of halogens is 1. The quantitative estimate of drug-likeness (QED) is 0.772. The standard InChI is InChI=1S/C9H8BrNO/c1-3-7-8(10)4-6(12)5-9(7)11-2/h3-5,12H,1-2H2. The predicted octanol–water partition coefficient (Wildman–Crippen LogP) is 3.13. The van der Waals surface area contributed by atoms with Crippen molar-refractivity contribution in [1.29, 1.82) is 0 Å². The number of hydrogen-bond donors (Lipinski definition) is 1. The van der Waals surface area contributed by atoms with Crippen molar-refractivity contribution >= 4 is 34.4 Å². The lowest BCUT2D eigenvalue weighted by Gasteiger charge is -2.03. The fourth-order valence-electron chi connectivity index (χ4n) is 0.922. The number of aromatic hydroxyl groups is 1. The second-order valence-corrected chi connectivity index (χ2v) is 3.08. The number of phenols is 1. The Hall–Kier alpha value is -1.09. The highest BCUT2D eigenvalue weighted by molar-refractivity contribution is 9.10. The lowest BCUT2D eigenvalue weighted by molar-refractivity contribution is 0.475. The zero-order chi connectivity index (χ0) is 9.14. The third kappa shape index (κ3) is 1.56. The van der Waals surface area contributed by atoms with E-state index in [2.05, 4.69) is 34.2 Å². The van der Waals surface area contributed by atoms with Gasteiger partial charge in [0.15, 0.2) is 0 Å². The first kappa shape index (κ1) is 9.00. The Morgan fingerprint density at radius 1 is 1.50 bits per heavy atom. The summed E-state index contributed by atoms with van der Waals surface area (Å²) in [5.74, 6) is 0.162. The van der Waals surface area contributed by atoms with E-state index in [0.717, 1.165) is 10.0 Å². The van der Waals surface area contributed by atoms with Crippen LogP contribution >= 0.6 is 15.9 Å². The Morgan fingerprint density at radius 3 is 2.67 bits per heavy atom. The van der Waals surface area contributed by atoms with E-state index in [0.29, 0.717) is 5.69 Å². The van der Waals surface area contributed by atoms with E-state index in [-0.39, 0.29) is 5.75 Å². The molecule has 0 aliphatic rings. The van der Waals surface area contributed by atoms with Gasteiger partial charge in [0.1, 0.15) is 5.75 Å². The molecule has 3 heteroatoms. The van der Waals surface area contributed by atoms with E-state index >= 15 is 0 Å². The molecule has 0 saturated carbocycles. The molecule has 1 aromatic rings. The molecule has 0 bridgehead atoms. The van der Waals surface area contributed by atoms with Gasteiger partial charge in [0.25, 0.3) is 0 Å². The van der Waals surface area contributed by atoms with E-state index in [4.69, 9.17) is 0 Å². The molecule has 12 heavy (non-hydrogen) atoms. The maximum Gasteiger partial charge on any atom is 0.118 e. The van der Waals surface area contributed by atoms with Gasteiger partial charge in [-0.25, -0.2) is 0 Å². The van der Waals surface area contributed by atoms with Gasteiger partial charge >= 0.3 is 0 Å². The molecule has 0 aliphatic heterocycles. The van der Waals surface area contributed by atoms with Crippen molar-refractivity contribution in [2.45, 2.75) is 0 Å². The van der Waals surface area contributed by atoms with Crippen LogP contribution in [0, 0.1) is 0 Å². The molecule has 0 aromatic heterocycles. The maximum atomic E-state index is 9.19. The minimum absolute atomic E-state index is 0.162. The Kier molecular flexibility index (Phi) is 2.65. The molecule has 0 fully saturated rings. The number of aliphatic imine (C=N–C) groups is 1. The number of phenolic OH excluding ortho intramolecular Hbond substituents is 1. The fraction of sp³-hybridized carbons (Fsp3) is 0. The van der Waals surface area contributed by atoms with Crippen LogP contribution in [0.5, 0.6) is 5.75 Å². The van der Waals surface area contributed by atoms with Crippen molar-refractivity contribution in [1.82, 2.24) is 0 Å². The van der Waals surface area contributed by atoms with Gasteiger partial charge in [0.05, 0.1) is 5.69 Å². The van der Waals surface area contributed by atoms with Gasteiger partial charge in [-0.15, -0.1) is 0 Å². The summed E-state index contributed by atoms with van der Waals surface area (Å²) in [6.45, 7) is 7.02. The zero-order valence-electron chi connectivity index (χ0n) is 6.42. The molecule has 0 saturated heterocycles. The Labute approximate surface area is 79.4 Å². The summed E-state index contributed by atoms with van der Waals surface area (Å²) < 4.78 is 0.764. The Morgan fingerprint density at radius 2 is 2.17 bits per heavy atom. The summed E-state index contributed by atoms with van der Waals surface area (Å²) in [4.78, 5) is 3.75. The highest BCUT2D eigenvalue weighted by Crippen LogP contribution is 2.32. The summed E-state index contributed by atoms with van der Waals surface area (Å²) >= 11 is 3.28. The summed E-state index contributed by atoms with van der Waals surface area (Å²) in [5, 5.41) is 9.19. The van der Waals surface area contributed by atoms with Crippen molar-refractivity contribution in [2.75, 3.05) is 0 Å². The van der Waals surface area contributed by atoms with Crippen LogP contribution in [-0.4, -0.2) is 11.8 Å². The number of nitrogens with zero attached hydrogens (tertiary/aromatic N) is 1. The first-order valence-electron chi connectivity index (χ1n) is 3.30. The van der Waals surface area contributed by atoms with Crippen molar-refractivity contribution in [3.8, 4) is 5.75 Å². The van der Waals surface area contributed by atoms with Crippen LogP contribution in [0.3, 0.4) is 0 Å². The van der Waals surface area contributed by atoms with Gasteiger partial charge in [-0.1, -0.05) is 12.7 Å². The van der Waals surface area contributed by atoms with Gasteiger partial charge in [0, 0.05) is 16.1 Å². The molecule has 0 atom stereocenters. The highest BCUT2D eigenvalue weighted by atomic mass is 79.9. The maximum absolute atomic E-state index is 9.19. The Balaban J connectivity index is 3.43. The van der Waals surface area contributed by atoms with Crippen molar-refractivity contribution in [2.24, 2.45) is 4.99 Å². The molecule has 0 amide bonds. The van der Waals surface area contributed by atoms with Gasteiger partial charge in [-0.2, -0.15) is 0 Å². The van der Waals surface area contributed by atoms with E-state index in [9.17, 15) is 5.11 Å². The molecule has 1 rings (SSSR count). The molecule has 0 heterocycles. The molecular formula is C9H8BrNO. The molecule has 0 aliphatic carbocycles. The largest absolute Gasteiger partial charge is 0.508 e. The lowest BCUT2D eigenvalue weighted by Crippen LogP contribution is -1.77. The molecular weight excluding hydrogens is 218 g/mol. The molecule has 0 unspecified atom stereocenters. The van der Waals surface area contributed by atoms with E-state index in [1.165, 1.54) is 6.07 Å². The second-order valence-electron chi connectivity index (χ2n) is 2.22. The van der Waals surface area contributed by atoms with Gasteiger partial charge in [0.2, 0.25) is 0 Å². The Bertz CT molecular complexity index is 334. The summed E-state index contributed by atoms with van der Waals surface area (Å²) in [6, 6.07) is 3.13. The van der Waals surface area contributed by atoms with Crippen LogP contribution in [0.2, 0.25) is 0 Å². The monoisotopic (exact) mass is 225 g/mol. The minimum atomic E-state index is 0.162. The molecule has 2 nitrogen and oxygen atoms in total. The average molecular weight is 226 g/mol. The third-order valence-corrected chi connectivity index (χ3v) is 2.12. The van der Waals surface area contributed by atoms with E-state index < -0.39 is 0 Å². The highest BCUT2D eigenvalue weighted by Gasteiger charge is 2.03. The van der Waals surface area contributed by atoms with Gasteiger partial charge in [-0.3, -0.25) is 4.99 Å². The summed E-state index contributed by atoms with van der Waals surface area (Å²) in [6.07, 6.45) is 1.66. The SMILES string of the molecule is C=Cc1c(Br)cc(O)cc1N=C. The van der Waals surface area contributed by atoms with Gasteiger partial charge < -0.3 is 5.11 Å². The van der Waals surface area contributed by atoms with Crippen molar-refractivity contribution in [3.05, 3.63) is 28.7 Å². The molecule has 0 radical (unpaired) electrons. The zero-order valence-corrected chi connectivity index (χ0v) is 8.00. The lowest BCUT2D eigenvalue weighted by atomic mass is 10.2. The predicted molar refractivity (Wildman–Crippen MR) is 55.1 cm³/mol. The van der Waals surface area contributed by atoms with Crippen LogP contribution in [0.15, 0.2) is 28.2 Å². The number of hydrogen-bond acceptors (Lipinski definition) is 2. The molecule has 0 spiro atoms. The van der Waals surface area contributed by atoms with Crippen molar-refractivity contribution < 1.29 is 5.11 Å². The van der Waals surface area contributed by atoms with Gasteiger partial charge in [-0.05, 0) is 28.7 Å². The van der Waals surface area contributed by atoms with Crippen LogP contribution in [0.4, 0.5) is 5.69 Å². The van der Waals surface area contributed by atoms with Crippen LogP contribution < -0.4 is 0 Å².